The van der Waals surface area contributed by atoms with Crippen molar-refractivity contribution >= 4 is 5.82 Å². The molecule has 3 nitrogen and oxygen atoms in total. The smallest absolute Gasteiger partial charge is 0.228 e. The molecule has 0 aliphatic heterocycles. The average Bonchev–Trinajstić information content (AvgIpc) is 2.83. The van der Waals surface area contributed by atoms with E-state index < -0.39 is 0 Å². The van der Waals surface area contributed by atoms with Crippen molar-refractivity contribution < 1.29 is 4.42 Å². The van der Waals surface area contributed by atoms with Crippen LogP contribution in [0.4, 0.5) is 5.82 Å². The Morgan fingerprint density at radius 3 is 1.94 bits per heavy atom. The van der Waals surface area contributed by atoms with E-state index in [-0.39, 0.29) is 0 Å². The summed E-state index contributed by atoms with van der Waals surface area (Å²) in [5.41, 5.74) is 7.76. The molecule has 1 aromatic heterocycles. The van der Waals surface area contributed by atoms with E-state index >= 15 is 0 Å². The van der Waals surface area contributed by atoms with Crippen LogP contribution in [0.2, 0.25) is 0 Å². The van der Waals surface area contributed by atoms with Crippen LogP contribution >= 0.6 is 0 Å². The SMILES string of the molecule is Nc1nc(-c2ccccc2)oc1-c1ccccc1. The quantitative estimate of drug-likeness (QED) is 0.739. The summed E-state index contributed by atoms with van der Waals surface area (Å²) in [5.74, 6) is 1.58. The summed E-state index contributed by atoms with van der Waals surface area (Å²) in [7, 11) is 0. The Balaban J connectivity index is 2.07. The van der Waals surface area contributed by atoms with Gasteiger partial charge in [0.15, 0.2) is 11.6 Å². The minimum absolute atomic E-state index is 0.417. The predicted octanol–water partition coefficient (Wildman–Crippen LogP) is 3.59. The molecule has 0 atom stereocenters. The molecular formula is C15H12N2O. The van der Waals surface area contributed by atoms with Crippen molar-refractivity contribution in [2.75, 3.05) is 5.73 Å². The van der Waals surface area contributed by atoms with Crippen LogP contribution in [0, 0.1) is 0 Å². The second kappa shape index (κ2) is 4.37. The first-order valence-corrected chi connectivity index (χ1v) is 5.72. The number of nitrogen functional groups attached to an aromatic ring is 1. The van der Waals surface area contributed by atoms with Gasteiger partial charge in [0, 0.05) is 11.1 Å². The predicted molar refractivity (Wildman–Crippen MR) is 71.8 cm³/mol. The van der Waals surface area contributed by atoms with Gasteiger partial charge >= 0.3 is 0 Å². The Hall–Kier alpha value is -2.55. The van der Waals surface area contributed by atoms with Gasteiger partial charge in [0.1, 0.15) is 0 Å². The third-order valence-electron chi connectivity index (χ3n) is 2.71. The molecule has 3 heteroatoms. The van der Waals surface area contributed by atoms with Gasteiger partial charge in [-0.3, -0.25) is 0 Å². The maximum Gasteiger partial charge on any atom is 0.228 e. The van der Waals surface area contributed by atoms with E-state index in [0.29, 0.717) is 17.5 Å². The number of hydrogen-bond acceptors (Lipinski definition) is 3. The highest BCUT2D eigenvalue weighted by atomic mass is 16.4. The van der Waals surface area contributed by atoms with E-state index in [9.17, 15) is 0 Å². The molecule has 3 rings (SSSR count). The fraction of sp³-hybridized carbons (Fsp3) is 0. The first kappa shape index (κ1) is 10.6. The van der Waals surface area contributed by atoms with Crippen LogP contribution in [0.25, 0.3) is 22.8 Å². The lowest BCUT2D eigenvalue weighted by molar-refractivity contribution is 0.589. The third-order valence-corrected chi connectivity index (χ3v) is 2.71. The standard InChI is InChI=1S/C15H12N2O/c16-14-13(11-7-3-1-4-8-11)18-15(17-14)12-9-5-2-6-10-12/h1-10H,16H2. The molecule has 0 radical (unpaired) electrons. The molecule has 2 aromatic carbocycles. The summed E-state index contributed by atoms with van der Waals surface area (Å²) in [4.78, 5) is 4.27. The number of nitrogens with zero attached hydrogens (tertiary/aromatic N) is 1. The molecule has 0 spiro atoms. The minimum atomic E-state index is 0.417. The highest BCUT2D eigenvalue weighted by molar-refractivity contribution is 5.71. The molecule has 0 saturated heterocycles. The Kier molecular flexibility index (Phi) is 2.57. The van der Waals surface area contributed by atoms with Crippen LogP contribution in [0.1, 0.15) is 0 Å². The fourth-order valence-corrected chi connectivity index (χ4v) is 1.83. The molecule has 0 unspecified atom stereocenters. The second-order valence-corrected chi connectivity index (χ2v) is 3.97. The molecule has 0 aliphatic carbocycles. The van der Waals surface area contributed by atoms with Crippen molar-refractivity contribution in [3.8, 4) is 22.8 Å². The van der Waals surface area contributed by atoms with Crippen LogP contribution in [0.3, 0.4) is 0 Å². The first-order chi connectivity index (χ1) is 8.84. The number of hydrogen-bond donors (Lipinski definition) is 1. The summed E-state index contributed by atoms with van der Waals surface area (Å²) in [6.07, 6.45) is 0. The lowest BCUT2D eigenvalue weighted by Crippen LogP contribution is -1.87. The van der Waals surface area contributed by atoms with Gasteiger partial charge in [-0.25, -0.2) is 0 Å². The molecule has 0 fully saturated rings. The molecule has 0 saturated carbocycles. The number of rotatable bonds is 2. The minimum Gasteiger partial charge on any atom is -0.434 e. The molecule has 0 bridgehead atoms. The molecule has 1 heterocycles. The fourth-order valence-electron chi connectivity index (χ4n) is 1.83. The van der Waals surface area contributed by atoms with Gasteiger partial charge in [0.05, 0.1) is 0 Å². The van der Waals surface area contributed by atoms with Crippen molar-refractivity contribution in [3.63, 3.8) is 0 Å². The van der Waals surface area contributed by atoms with Gasteiger partial charge in [-0.2, -0.15) is 4.98 Å². The first-order valence-electron chi connectivity index (χ1n) is 5.72. The lowest BCUT2D eigenvalue weighted by atomic mass is 10.2. The summed E-state index contributed by atoms with van der Waals surface area (Å²) in [6, 6.07) is 19.5. The molecular weight excluding hydrogens is 224 g/mol. The van der Waals surface area contributed by atoms with E-state index in [1.54, 1.807) is 0 Å². The zero-order valence-corrected chi connectivity index (χ0v) is 9.71. The van der Waals surface area contributed by atoms with E-state index in [4.69, 9.17) is 10.2 Å². The number of anilines is 1. The van der Waals surface area contributed by atoms with Gasteiger partial charge in [0.2, 0.25) is 5.89 Å². The normalized spacial score (nSPS) is 10.4. The third kappa shape index (κ3) is 1.86. The van der Waals surface area contributed by atoms with Crippen molar-refractivity contribution in [1.29, 1.82) is 0 Å². The molecule has 88 valence electrons. The zero-order chi connectivity index (χ0) is 12.4. The van der Waals surface area contributed by atoms with E-state index in [0.717, 1.165) is 11.1 Å². The maximum atomic E-state index is 5.91. The Morgan fingerprint density at radius 2 is 1.33 bits per heavy atom. The van der Waals surface area contributed by atoms with Crippen molar-refractivity contribution in [2.24, 2.45) is 0 Å². The Morgan fingerprint density at radius 1 is 0.778 bits per heavy atom. The average molecular weight is 236 g/mol. The van der Waals surface area contributed by atoms with E-state index in [2.05, 4.69) is 4.98 Å². The highest BCUT2D eigenvalue weighted by Crippen LogP contribution is 2.30. The topological polar surface area (TPSA) is 52.0 Å². The second-order valence-electron chi connectivity index (χ2n) is 3.97. The highest BCUT2D eigenvalue weighted by Gasteiger charge is 2.13. The molecule has 2 N–H and O–H groups in total. The molecule has 18 heavy (non-hydrogen) atoms. The van der Waals surface area contributed by atoms with Gasteiger partial charge in [-0.15, -0.1) is 0 Å². The van der Waals surface area contributed by atoms with Crippen LogP contribution in [0.15, 0.2) is 65.1 Å². The molecule has 0 amide bonds. The summed E-state index contributed by atoms with van der Waals surface area (Å²) < 4.78 is 5.75. The van der Waals surface area contributed by atoms with Crippen LogP contribution in [0.5, 0.6) is 0 Å². The zero-order valence-electron chi connectivity index (χ0n) is 9.71. The molecule has 3 aromatic rings. The largest absolute Gasteiger partial charge is 0.434 e. The van der Waals surface area contributed by atoms with E-state index in [1.807, 2.05) is 60.7 Å². The van der Waals surface area contributed by atoms with Crippen LogP contribution in [-0.4, -0.2) is 4.98 Å². The summed E-state index contributed by atoms with van der Waals surface area (Å²) >= 11 is 0. The number of benzene rings is 2. The Labute approximate surface area is 105 Å². The summed E-state index contributed by atoms with van der Waals surface area (Å²) in [6.45, 7) is 0. The lowest BCUT2D eigenvalue weighted by Gasteiger charge is -1.96. The van der Waals surface area contributed by atoms with Crippen molar-refractivity contribution in [3.05, 3.63) is 60.7 Å². The Bertz CT molecular complexity index is 645. The number of aromatic nitrogens is 1. The van der Waals surface area contributed by atoms with Gasteiger partial charge in [-0.1, -0.05) is 48.5 Å². The van der Waals surface area contributed by atoms with Gasteiger partial charge in [0.25, 0.3) is 0 Å². The van der Waals surface area contributed by atoms with Crippen LogP contribution < -0.4 is 5.73 Å². The number of nitrogens with two attached hydrogens (primary N) is 1. The van der Waals surface area contributed by atoms with Crippen molar-refractivity contribution in [1.82, 2.24) is 4.98 Å². The number of oxazole rings is 1. The van der Waals surface area contributed by atoms with Gasteiger partial charge < -0.3 is 10.2 Å². The summed E-state index contributed by atoms with van der Waals surface area (Å²) in [5, 5.41) is 0. The van der Waals surface area contributed by atoms with Gasteiger partial charge in [-0.05, 0) is 12.1 Å². The van der Waals surface area contributed by atoms with Crippen molar-refractivity contribution in [2.45, 2.75) is 0 Å². The van der Waals surface area contributed by atoms with Crippen LogP contribution in [-0.2, 0) is 0 Å². The maximum absolute atomic E-state index is 5.91. The molecule has 0 aliphatic rings. The monoisotopic (exact) mass is 236 g/mol. The van der Waals surface area contributed by atoms with E-state index in [1.165, 1.54) is 0 Å².